The minimum Gasteiger partial charge on any atom is -0.366 e. The molecule has 2 rings (SSSR count). The molecule has 23 heavy (non-hydrogen) atoms. The van der Waals surface area contributed by atoms with Crippen LogP contribution in [0.1, 0.15) is 29.1 Å². The summed E-state index contributed by atoms with van der Waals surface area (Å²) in [7, 11) is 0. The fraction of sp³-hybridized carbons (Fsp3) is 0.294. The number of likely N-dealkylation sites (N-methyl/N-ethyl adjacent to an activating group) is 1. The molecule has 1 aromatic heterocycles. The normalized spacial score (nSPS) is 13.3. The topological polar surface area (TPSA) is 76.6 Å². The number of anilines is 1. The number of thiophene rings is 1. The number of rotatable bonds is 7. The summed E-state index contributed by atoms with van der Waals surface area (Å²) in [6, 6.07) is 10.5. The van der Waals surface area contributed by atoms with Gasteiger partial charge in [-0.15, -0.1) is 11.3 Å². The number of hydrogen-bond donors (Lipinski definition) is 3. The third kappa shape index (κ3) is 4.64. The minimum atomic E-state index is -0.478. The number of primary amides is 1. The van der Waals surface area contributed by atoms with Gasteiger partial charge < -0.3 is 16.0 Å². The van der Waals surface area contributed by atoms with Gasteiger partial charge in [-0.2, -0.15) is 0 Å². The SMILES string of the molecule is CC[NH+](Cc1cccs1)[C@H](C)C(=O)Nc1ccc(C(N)=O)cc1. The van der Waals surface area contributed by atoms with Crippen LogP contribution in [-0.2, 0) is 11.3 Å². The van der Waals surface area contributed by atoms with Gasteiger partial charge in [-0.25, -0.2) is 0 Å². The van der Waals surface area contributed by atoms with Crippen LogP contribution in [0.15, 0.2) is 41.8 Å². The van der Waals surface area contributed by atoms with E-state index >= 15 is 0 Å². The molecule has 0 saturated carbocycles. The second-order valence-corrected chi connectivity index (χ2v) is 6.45. The smallest absolute Gasteiger partial charge is 0.282 e. The Kier molecular flexibility index (Phi) is 5.90. The number of carbonyl (C=O) groups is 2. The Morgan fingerprint density at radius 1 is 1.26 bits per heavy atom. The maximum Gasteiger partial charge on any atom is 0.282 e. The lowest BCUT2D eigenvalue weighted by molar-refractivity contribution is -0.925. The largest absolute Gasteiger partial charge is 0.366 e. The molecule has 0 radical (unpaired) electrons. The number of nitrogens with one attached hydrogen (secondary N) is 2. The summed E-state index contributed by atoms with van der Waals surface area (Å²) in [6.07, 6.45) is 0. The van der Waals surface area contributed by atoms with E-state index in [2.05, 4.69) is 18.3 Å². The van der Waals surface area contributed by atoms with Crippen molar-refractivity contribution in [2.45, 2.75) is 26.4 Å². The van der Waals surface area contributed by atoms with E-state index in [-0.39, 0.29) is 11.9 Å². The molecule has 0 bridgehead atoms. The molecule has 122 valence electrons. The molecular formula is C17H22N3O2S+. The molecule has 1 aromatic carbocycles. The summed E-state index contributed by atoms with van der Waals surface area (Å²) in [6.45, 7) is 5.71. The summed E-state index contributed by atoms with van der Waals surface area (Å²) in [4.78, 5) is 26.0. The van der Waals surface area contributed by atoms with Crippen molar-refractivity contribution in [1.29, 1.82) is 0 Å². The van der Waals surface area contributed by atoms with Gasteiger partial charge in [0.1, 0.15) is 6.54 Å². The number of nitrogens with two attached hydrogens (primary N) is 1. The molecule has 0 spiro atoms. The van der Waals surface area contributed by atoms with Gasteiger partial charge >= 0.3 is 0 Å². The van der Waals surface area contributed by atoms with E-state index in [0.29, 0.717) is 11.3 Å². The van der Waals surface area contributed by atoms with Gasteiger partial charge in [-0.3, -0.25) is 9.59 Å². The van der Waals surface area contributed by atoms with Gasteiger partial charge in [0.2, 0.25) is 5.91 Å². The molecule has 1 heterocycles. The van der Waals surface area contributed by atoms with E-state index in [0.717, 1.165) is 13.1 Å². The van der Waals surface area contributed by atoms with Gasteiger partial charge in [0.25, 0.3) is 5.91 Å². The highest BCUT2D eigenvalue weighted by Gasteiger charge is 2.24. The first-order chi connectivity index (χ1) is 11.0. The Morgan fingerprint density at radius 2 is 1.96 bits per heavy atom. The number of benzene rings is 1. The Bertz CT molecular complexity index is 653. The van der Waals surface area contributed by atoms with Crippen LogP contribution < -0.4 is 16.0 Å². The highest BCUT2D eigenvalue weighted by Crippen LogP contribution is 2.10. The van der Waals surface area contributed by atoms with E-state index in [1.165, 1.54) is 9.78 Å². The van der Waals surface area contributed by atoms with Crippen molar-refractivity contribution in [2.75, 3.05) is 11.9 Å². The first-order valence-electron chi connectivity index (χ1n) is 7.59. The molecule has 2 amide bonds. The molecule has 0 aliphatic carbocycles. The zero-order valence-corrected chi connectivity index (χ0v) is 14.2. The van der Waals surface area contributed by atoms with Crippen LogP contribution in [0.4, 0.5) is 5.69 Å². The van der Waals surface area contributed by atoms with Crippen molar-refractivity contribution in [3.05, 3.63) is 52.2 Å². The van der Waals surface area contributed by atoms with Gasteiger partial charge in [-0.05, 0) is 49.6 Å². The highest BCUT2D eigenvalue weighted by molar-refractivity contribution is 7.09. The van der Waals surface area contributed by atoms with E-state index < -0.39 is 5.91 Å². The first-order valence-corrected chi connectivity index (χ1v) is 8.47. The molecule has 0 aliphatic rings. The van der Waals surface area contributed by atoms with E-state index in [1.807, 2.05) is 18.4 Å². The summed E-state index contributed by atoms with van der Waals surface area (Å²) in [5, 5.41) is 4.94. The predicted octanol–water partition coefficient (Wildman–Crippen LogP) is 1.28. The first kappa shape index (κ1) is 17.2. The van der Waals surface area contributed by atoms with Crippen molar-refractivity contribution < 1.29 is 14.5 Å². The zero-order valence-electron chi connectivity index (χ0n) is 13.3. The molecule has 0 saturated heterocycles. The molecule has 0 aliphatic heterocycles. The molecule has 5 nitrogen and oxygen atoms in total. The Balaban J connectivity index is 1.98. The van der Waals surface area contributed by atoms with Crippen molar-refractivity contribution in [2.24, 2.45) is 5.73 Å². The van der Waals surface area contributed by atoms with Crippen molar-refractivity contribution in [1.82, 2.24) is 0 Å². The predicted molar refractivity (Wildman–Crippen MR) is 92.6 cm³/mol. The van der Waals surface area contributed by atoms with Crippen molar-refractivity contribution >= 4 is 28.8 Å². The maximum absolute atomic E-state index is 12.4. The second kappa shape index (κ2) is 7.89. The number of quaternary nitrogens is 1. The Morgan fingerprint density at radius 3 is 2.48 bits per heavy atom. The number of carbonyl (C=O) groups excluding carboxylic acids is 2. The average Bonchev–Trinajstić information content (AvgIpc) is 3.05. The molecule has 6 heteroatoms. The third-order valence-electron chi connectivity index (χ3n) is 3.88. The van der Waals surface area contributed by atoms with Crippen molar-refractivity contribution in [3.8, 4) is 0 Å². The molecule has 0 fully saturated rings. The zero-order chi connectivity index (χ0) is 16.8. The van der Waals surface area contributed by atoms with Crippen LogP contribution in [-0.4, -0.2) is 24.4 Å². The quantitative estimate of drug-likeness (QED) is 0.714. The molecule has 1 unspecified atom stereocenters. The van der Waals surface area contributed by atoms with E-state index in [4.69, 9.17) is 5.73 Å². The van der Waals surface area contributed by atoms with Gasteiger partial charge in [0, 0.05) is 11.3 Å². The molecule has 4 N–H and O–H groups in total. The second-order valence-electron chi connectivity index (χ2n) is 5.42. The fourth-order valence-corrected chi connectivity index (χ4v) is 3.13. The Labute approximate surface area is 140 Å². The lowest BCUT2D eigenvalue weighted by atomic mass is 10.2. The number of amides is 2. The van der Waals surface area contributed by atoms with Gasteiger partial charge in [0.15, 0.2) is 6.04 Å². The van der Waals surface area contributed by atoms with E-state index in [1.54, 1.807) is 35.6 Å². The van der Waals surface area contributed by atoms with Crippen LogP contribution in [0.5, 0.6) is 0 Å². The summed E-state index contributed by atoms with van der Waals surface area (Å²) in [5.74, 6) is -0.515. The van der Waals surface area contributed by atoms with Crippen LogP contribution in [0.3, 0.4) is 0 Å². The third-order valence-corrected chi connectivity index (χ3v) is 4.75. The van der Waals surface area contributed by atoms with Crippen LogP contribution in [0, 0.1) is 0 Å². The molecule has 2 atom stereocenters. The Hall–Kier alpha value is -2.18. The standard InChI is InChI=1S/C17H21N3O2S/c1-3-20(11-15-5-4-10-23-15)12(2)17(22)19-14-8-6-13(7-9-14)16(18)21/h4-10,12H,3,11H2,1-2H3,(H2,18,21)(H,19,22)/p+1/t12-/m1/s1. The van der Waals surface area contributed by atoms with Gasteiger partial charge in [-0.1, -0.05) is 6.07 Å². The monoisotopic (exact) mass is 332 g/mol. The number of hydrogen-bond acceptors (Lipinski definition) is 3. The lowest BCUT2D eigenvalue weighted by Crippen LogP contribution is -3.15. The summed E-state index contributed by atoms with van der Waals surface area (Å²) in [5.41, 5.74) is 6.30. The van der Waals surface area contributed by atoms with Crippen molar-refractivity contribution in [3.63, 3.8) is 0 Å². The van der Waals surface area contributed by atoms with Gasteiger partial charge in [0.05, 0.1) is 11.4 Å². The molecular weight excluding hydrogens is 310 g/mol. The maximum atomic E-state index is 12.4. The molecule has 2 aromatic rings. The average molecular weight is 332 g/mol. The van der Waals surface area contributed by atoms with Crippen LogP contribution in [0.25, 0.3) is 0 Å². The van der Waals surface area contributed by atoms with Crippen LogP contribution >= 0.6 is 11.3 Å². The lowest BCUT2D eigenvalue weighted by Gasteiger charge is -2.23. The fourth-order valence-electron chi connectivity index (χ4n) is 2.37. The van der Waals surface area contributed by atoms with Crippen LogP contribution in [0.2, 0.25) is 0 Å². The summed E-state index contributed by atoms with van der Waals surface area (Å²) < 4.78 is 0. The minimum absolute atomic E-state index is 0.0368. The van der Waals surface area contributed by atoms with E-state index in [9.17, 15) is 9.59 Å². The highest BCUT2D eigenvalue weighted by atomic mass is 32.1. The summed E-state index contributed by atoms with van der Waals surface area (Å²) >= 11 is 1.71.